The molecular formula is C17H22N2. The van der Waals surface area contributed by atoms with Crippen LogP contribution >= 0.6 is 0 Å². The highest BCUT2D eigenvalue weighted by atomic mass is 14.9. The lowest BCUT2D eigenvalue weighted by atomic mass is 10.0. The van der Waals surface area contributed by atoms with E-state index >= 15 is 0 Å². The summed E-state index contributed by atoms with van der Waals surface area (Å²) in [4.78, 5) is 4.50. The summed E-state index contributed by atoms with van der Waals surface area (Å²) in [7, 11) is 0. The third-order valence-electron chi connectivity index (χ3n) is 4.19. The fourth-order valence-corrected chi connectivity index (χ4v) is 3.07. The number of anilines is 1. The zero-order valence-corrected chi connectivity index (χ0v) is 11.4. The van der Waals surface area contributed by atoms with Crippen LogP contribution in [0.3, 0.4) is 0 Å². The van der Waals surface area contributed by atoms with Crippen molar-refractivity contribution in [2.75, 3.05) is 11.9 Å². The number of aromatic nitrogens is 1. The van der Waals surface area contributed by atoms with Crippen molar-refractivity contribution in [1.82, 2.24) is 4.98 Å². The number of nitrogens with one attached hydrogen (secondary N) is 1. The Kier molecular flexibility index (Phi) is 3.97. The van der Waals surface area contributed by atoms with Crippen LogP contribution in [0.4, 0.5) is 5.69 Å². The largest absolute Gasteiger partial charge is 0.383 e. The van der Waals surface area contributed by atoms with Gasteiger partial charge in [-0.25, -0.2) is 0 Å². The Morgan fingerprint density at radius 3 is 2.63 bits per heavy atom. The van der Waals surface area contributed by atoms with E-state index < -0.39 is 0 Å². The molecule has 0 saturated heterocycles. The SMILES string of the molecule is c1cnc2c(NCC3CCCCCC3)cccc2c1. The molecule has 0 unspecified atom stereocenters. The van der Waals surface area contributed by atoms with Gasteiger partial charge in [-0.2, -0.15) is 0 Å². The first-order valence-corrected chi connectivity index (χ1v) is 7.51. The van der Waals surface area contributed by atoms with Crippen molar-refractivity contribution in [2.24, 2.45) is 5.92 Å². The normalized spacial score (nSPS) is 17.3. The van der Waals surface area contributed by atoms with E-state index in [1.54, 1.807) is 0 Å². The summed E-state index contributed by atoms with van der Waals surface area (Å²) >= 11 is 0. The molecule has 0 aliphatic heterocycles. The van der Waals surface area contributed by atoms with Crippen molar-refractivity contribution < 1.29 is 0 Å². The Morgan fingerprint density at radius 1 is 1.00 bits per heavy atom. The number of nitrogens with zero attached hydrogens (tertiary/aromatic N) is 1. The van der Waals surface area contributed by atoms with Crippen LogP contribution in [0.25, 0.3) is 10.9 Å². The van der Waals surface area contributed by atoms with Crippen LogP contribution in [0.15, 0.2) is 36.5 Å². The van der Waals surface area contributed by atoms with E-state index in [9.17, 15) is 0 Å². The standard InChI is InChI=1S/C17H22N2/c1-2-4-8-14(7-3-1)13-19-16-11-5-9-15-10-6-12-18-17(15)16/h5-6,9-12,14,19H,1-4,7-8,13H2. The Balaban J connectivity index is 1.71. The third-order valence-corrected chi connectivity index (χ3v) is 4.19. The van der Waals surface area contributed by atoms with E-state index in [4.69, 9.17) is 0 Å². The van der Waals surface area contributed by atoms with Crippen LogP contribution in [0, 0.1) is 5.92 Å². The molecular weight excluding hydrogens is 232 g/mol. The topological polar surface area (TPSA) is 24.9 Å². The highest BCUT2D eigenvalue weighted by molar-refractivity contribution is 5.90. The second-order valence-corrected chi connectivity index (χ2v) is 5.62. The van der Waals surface area contributed by atoms with Gasteiger partial charge in [0.15, 0.2) is 0 Å². The van der Waals surface area contributed by atoms with Gasteiger partial charge >= 0.3 is 0 Å². The summed E-state index contributed by atoms with van der Waals surface area (Å²) in [6.07, 6.45) is 10.3. The van der Waals surface area contributed by atoms with E-state index in [2.05, 4.69) is 34.6 Å². The highest BCUT2D eigenvalue weighted by Crippen LogP contribution is 2.25. The number of hydrogen-bond acceptors (Lipinski definition) is 2. The third kappa shape index (κ3) is 3.06. The van der Waals surface area contributed by atoms with E-state index in [0.29, 0.717) is 0 Å². The van der Waals surface area contributed by atoms with Gasteiger partial charge in [-0.3, -0.25) is 4.98 Å². The molecule has 1 aliphatic carbocycles. The number of benzene rings is 1. The first-order chi connectivity index (χ1) is 9.43. The Hall–Kier alpha value is -1.57. The van der Waals surface area contributed by atoms with Gasteiger partial charge in [-0.15, -0.1) is 0 Å². The van der Waals surface area contributed by atoms with Crippen LogP contribution in [-0.2, 0) is 0 Å². The van der Waals surface area contributed by atoms with Crippen molar-refractivity contribution in [3.8, 4) is 0 Å². The summed E-state index contributed by atoms with van der Waals surface area (Å²) in [6.45, 7) is 1.09. The molecule has 0 bridgehead atoms. The number of fused-ring (bicyclic) bond motifs is 1. The molecule has 0 radical (unpaired) electrons. The average Bonchev–Trinajstić information content (AvgIpc) is 2.74. The van der Waals surface area contributed by atoms with Crippen molar-refractivity contribution >= 4 is 16.6 Å². The Morgan fingerprint density at radius 2 is 1.79 bits per heavy atom. The lowest BCUT2D eigenvalue weighted by Crippen LogP contribution is -2.13. The predicted octanol–water partition coefficient (Wildman–Crippen LogP) is 4.62. The maximum atomic E-state index is 4.50. The lowest BCUT2D eigenvalue weighted by Gasteiger charge is -2.16. The van der Waals surface area contributed by atoms with Crippen LogP contribution in [0.2, 0.25) is 0 Å². The lowest BCUT2D eigenvalue weighted by molar-refractivity contribution is 0.483. The van der Waals surface area contributed by atoms with Crippen molar-refractivity contribution in [3.63, 3.8) is 0 Å². The molecule has 1 saturated carbocycles. The molecule has 1 aromatic heterocycles. The average molecular weight is 254 g/mol. The van der Waals surface area contributed by atoms with E-state index in [1.165, 1.54) is 49.6 Å². The van der Waals surface area contributed by atoms with Crippen LogP contribution in [0.5, 0.6) is 0 Å². The maximum absolute atomic E-state index is 4.50. The molecule has 100 valence electrons. The highest BCUT2D eigenvalue weighted by Gasteiger charge is 2.12. The van der Waals surface area contributed by atoms with Gasteiger partial charge < -0.3 is 5.32 Å². The van der Waals surface area contributed by atoms with Gasteiger partial charge in [-0.1, -0.05) is 43.9 Å². The number of hydrogen-bond donors (Lipinski definition) is 1. The van der Waals surface area contributed by atoms with Gasteiger partial charge in [0.25, 0.3) is 0 Å². The van der Waals surface area contributed by atoms with Crippen molar-refractivity contribution in [3.05, 3.63) is 36.5 Å². The van der Waals surface area contributed by atoms with Crippen LogP contribution in [0.1, 0.15) is 38.5 Å². The summed E-state index contributed by atoms with van der Waals surface area (Å²) in [5.74, 6) is 0.835. The number of rotatable bonds is 3. The van der Waals surface area contributed by atoms with Crippen LogP contribution in [-0.4, -0.2) is 11.5 Å². The minimum Gasteiger partial charge on any atom is -0.383 e. The Labute approximate surface area is 115 Å². The summed E-state index contributed by atoms with van der Waals surface area (Å²) in [5.41, 5.74) is 2.28. The Bertz CT molecular complexity index is 522. The first kappa shape index (κ1) is 12.5. The summed E-state index contributed by atoms with van der Waals surface area (Å²) in [5, 5.41) is 4.84. The molecule has 2 nitrogen and oxygen atoms in total. The molecule has 1 N–H and O–H groups in total. The minimum atomic E-state index is 0.835. The minimum absolute atomic E-state index is 0.835. The fourth-order valence-electron chi connectivity index (χ4n) is 3.07. The zero-order valence-electron chi connectivity index (χ0n) is 11.4. The smallest absolute Gasteiger partial charge is 0.0933 e. The van der Waals surface area contributed by atoms with Gasteiger partial charge in [0.05, 0.1) is 11.2 Å². The van der Waals surface area contributed by atoms with Gasteiger partial charge in [0, 0.05) is 18.1 Å². The van der Waals surface area contributed by atoms with E-state index in [-0.39, 0.29) is 0 Å². The molecule has 3 rings (SSSR count). The van der Waals surface area contributed by atoms with E-state index in [0.717, 1.165) is 18.0 Å². The number of para-hydroxylation sites is 1. The summed E-state index contributed by atoms with van der Waals surface area (Å²) < 4.78 is 0. The summed E-state index contributed by atoms with van der Waals surface area (Å²) in [6, 6.07) is 10.5. The maximum Gasteiger partial charge on any atom is 0.0933 e. The monoisotopic (exact) mass is 254 g/mol. The van der Waals surface area contributed by atoms with Crippen molar-refractivity contribution in [2.45, 2.75) is 38.5 Å². The van der Waals surface area contributed by atoms with Gasteiger partial charge in [0.2, 0.25) is 0 Å². The predicted molar refractivity (Wildman–Crippen MR) is 81.4 cm³/mol. The zero-order chi connectivity index (χ0) is 12.9. The molecule has 1 heterocycles. The quantitative estimate of drug-likeness (QED) is 0.809. The van der Waals surface area contributed by atoms with E-state index in [1.807, 2.05) is 12.3 Å². The molecule has 19 heavy (non-hydrogen) atoms. The van der Waals surface area contributed by atoms with Crippen molar-refractivity contribution in [1.29, 1.82) is 0 Å². The molecule has 1 aromatic carbocycles. The molecule has 2 aromatic rings. The molecule has 0 amide bonds. The molecule has 1 fully saturated rings. The molecule has 2 heteroatoms. The fraction of sp³-hybridized carbons (Fsp3) is 0.471. The molecule has 1 aliphatic rings. The second kappa shape index (κ2) is 6.05. The van der Waals surface area contributed by atoms with Gasteiger partial charge in [-0.05, 0) is 30.9 Å². The van der Waals surface area contributed by atoms with Crippen LogP contribution < -0.4 is 5.32 Å². The molecule has 0 atom stereocenters. The first-order valence-electron chi connectivity index (χ1n) is 7.51. The van der Waals surface area contributed by atoms with Gasteiger partial charge in [0.1, 0.15) is 0 Å². The number of pyridine rings is 1. The molecule has 0 spiro atoms. The second-order valence-electron chi connectivity index (χ2n) is 5.62.